The second-order valence-corrected chi connectivity index (χ2v) is 2.71. The second kappa shape index (κ2) is 4.28. The Kier molecular flexibility index (Phi) is 3.58. The minimum atomic E-state index is -0.794. The van der Waals surface area contributed by atoms with Crippen molar-refractivity contribution in [1.82, 2.24) is 0 Å². The first-order chi connectivity index (χ1) is 5.74. The number of hydrogen-bond donors (Lipinski definition) is 2. The lowest BCUT2D eigenvalue weighted by Crippen LogP contribution is -2.37. The molecule has 0 aromatic carbocycles. The number of ether oxygens (including phenoxy) is 2. The minimum absolute atomic E-state index is 0.181. The monoisotopic (exact) mass is 169 g/mol. The fraction of sp³-hybridized carbons (Fsp3) is 1.00. The van der Waals surface area contributed by atoms with Gasteiger partial charge in [0.2, 0.25) is 0 Å². The highest BCUT2D eigenvalue weighted by atomic mass is 16.6. The number of aliphatic hydroxyl groups excluding tert-OH is 2. The highest BCUT2D eigenvalue weighted by Crippen LogP contribution is 2.22. The fourth-order valence-electron chi connectivity index (χ4n) is 1.36. The molecule has 0 amide bonds. The fourth-order valence-corrected chi connectivity index (χ4v) is 1.36. The van der Waals surface area contributed by atoms with Gasteiger partial charge in [-0.15, -0.1) is 0 Å². The third-order valence-electron chi connectivity index (χ3n) is 2.01. The molecule has 6 heteroatoms. The first-order valence-corrected chi connectivity index (χ1v) is 3.76. The molecule has 0 aromatic rings. The van der Waals surface area contributed by atoms with E-state index >= 15 is 0 Å². The molecule has 12 heavy (non-hydrogen) atoms. The van der Waals surface area contributed by atoms with Gasteiger partial charge in [0.15, 0.2) is 0 Å². The normalized spacial score (nSPS) is 41.6. The van der Waals surface area contributed by atoms with Gasteiger partial charge in [0.1, 0.15) is 18.3 Å². The highest BCUT2D eigenvalue weighted by Gasteiger charge is 2.41. The van der Waals surface area contributed by atoms with Crippen molar-refractivity contribution in [2.75, 3.05) is 13.7 Å². The van der Waals surface area contributed by atoms with Crippen LogP contribution in [0.5, 0.6) is 0 Å². The van der Waals surface area contributed by atoms with Crippen LogP contribution in [-0.2, 0) is 9.47 Å². The summed E-state index contributed by atoms with van der Waals surface area (Å²) in [5, 5.41) is 18.3. The summed E-state index contributed by atoms with van der Waals surface area (Å²) in [7, 11) is 7.92. The van der Waals surface area contributed by atoms with E-state index in [0.29, 0.717) is 0 Å². The quantitative estimate of drug-likeness (QED) is 0.473. The molecule has 0 aromatic heterocycles. The van der Waals surface area contributed by atoms with Gasteiger partial charge >= 0.3 is 0 Å². The number of rotatable bonds is 3. The van der Waals surface area contributed by atoms with E-state index in [9.17, 15) is 5.11 Å². The van der Waals surface area contributed by atoms with Gasteiger partial charge in [-0.3, -0.25) is 0 Å². The summed E-state index contributed by atoms with van der Waals surface area (Å²) in [6.45, 7) is -0.181. The Morgan fingerprint density at radius 2 is 2.33 bits per heavy atom. The standard InChI is InChI=1S/C6H11B2O4/c1-11-5-3(2-9)12-6(8-7)4(5)10/h3-6,9-10H,2H2,1H3/t3-,4?,5?,6-/m1/s1. The summed E-state index contributed by atoms with van der Waals surface area (Å²) < 4.78 is 10.1. The molecule has 0 spiro atoms. The molecule has 2 unspecified atom stereocenters. The van der Waals surface area contributed by atoms with Gasteiger partial charge in [0.25, 0.3) is 0 Å². The smallest absolute Gasteiger partial charge is 0.113 e. The average Bonchev–Trinajstić information content (AvgIpc) is 2.41. The Morgan fingerprint density at radius 1 is 1.67 bits per heavy atom. The number of hydrogen-bond acceptors (Lipinski definition) is 4. The third-order valence-corrected chi connectivity index (χ3v) is 2.01. The predicted molar refractivity (Wildman–Crippen MR) is 44.1 cm³/mol. The maximum absolute atomic E-state index is 9.48. The van der Waals surface area contributed by atoms with Crippen molar-refractivity contribution < 1.29 is 19.7 Å². The average molecular weight is 169 g/mol. The molecule has 1 aliphatic rings. The maximum Gasteiger partial charge on any atom is 0.113 e. The van der Waals surface area contributed by atoms with Crippen molar-refractivity contribution >= 4 is 14.9 Å². The lowest BCUT2D eigenvalue weighted by molar-refractivity contribution is -0.0317. The van der Waals surface area contributed by atoms with E-state index < -0.39 is 24.3 Å². The molecule has 4 atom stereocenters. The maximum atomic E-state index is 9.48. The molecule has 1 aliphatic heterocycles. The zero-order valence-electron chi connectivity index (χ0n) is 6.88. The second-order valence-electron chi connectivity index (χ2n) is 2.71. The topological polar surface area (TPSA) is 58.9 Å². The molecule has 4 nitrogen and oxygen atoms in total. The summed E-state index contributed by atoms with van der Waals surface area (Å²) in [5.41, 5.74) is 0. The molecule has 1 fully saturated rings. The van der Waals surface area contributed by atoms with Crippen LogP contribution in [0.15, 0.2) is 0 Å². The van der Waals surface area contributed by atoms with Crippen LogP contribution >= 0.6 is 0 Å². The van der Waals surface area contributed by atoms with E-state index in [1.54, 1.807) is 0 Å². The van der Waals surface area contributed by atoms with Crippen LogP contribution in [0.4, 0.5) is 0 Å². The molecule has 2 N–H and O–H groups in total. The van der Waals surface area contributed by atoms with Crippen LogP contribution in [0, 0.1) is 0 Å². The lowest BCUT2D eigenvalue weighted by atomic mass is 9.50. The van der Waals surface area contributed by atoms with E-state index in [4.69, 9.17) is 22.3 Å². The van der Waals surface area contributed by atoms with Gasteiger partial charge < -0.3 is 19.7 Å². The van der Waals surface area contributed by atoms with Crippen molar-refractivity contribution in [2.24, 2.45) is 0 Å². The van der Waals surface area contributed by atoms with Crippen LogP contribution in [0.25, 0.3) is 0 Å². The van der Waals surface area contributed by atoms with Gasteiger partial charge in [-0.2, -0.15) is 0 Å². The van der Waals surface area contributed by atoms with Crippen LogP contribution in [0.1, 0.15) is 0 Å². The summed E-state index contributed by atoms with van der Waals surface area (Å²) in [6, 6.07) is -0.549. The Morgan fingerprint density at radius 3 is 2.67 bits per heavy atom. The molecular formula is C6H11B2O4. The Bertz CT molecular complexity index is 144. The van der Waals surface area contributed by atoms with E-state index in [0.717, 1.165) is 0 Å². The SMILES string of the molecule is [B][B][C@@H]1O[C@H](CO)C(OC)C1O. The third kappa shape index (κ3) is 1.66. The van der Waals surface area contributed by atoms with Crippen LogP contribution < -0.4 is 0 Å². The van der Waals surface area contributed by atoms with Crippen LogP contribution in [0.2, 0.25) is 0 Å². The molecule has 0 bridgehead atoms. The van der Waals surface area contributed by atoms with Crippen molar-refractivity contribution in [2.45, 2.75) is 24.3 Å². The summed E-state index contributed by atoms with van der Waals surface area (Å²) in [5.74, 6) is 0. The Labute approximate surface area is 73.5 Å². The minimum Gasteiger partial charge on any atom is -0.394 e. The van der Waals surface area contributed by atoms with Crippen molar-refractivity contribution in [1.29, 1.82) is 0 Å². The molecule has 0 saturated carbocycles. The molecule has 1 rings (SSSR count). The summed E-state index contributed by atoms with van der Waals surface area (Å²) in [6.07, 6.45) is -1.79. The van der Waals surface area contributed by atoms with E-state index in [1.807, 2.05) is 0 Å². The van der Waals surface area contributed by atoms with Gasteiger partial charge in [-0.05, 0) is 0 Å². The molecule has 1 saturated heterocycles. The van der Waals surface area contributed by atoms with Crippen LogP contribution in [0.3, 0.4) is 0 Å². The molecule has 0 aliphatic carbocycles. The Balaban J connectivity index is 2.58. The van der Waals surface area contributed by atoms with E-state index in [1.165, 1.54) is 14.3 Å². The molecular weight excluding hydrogens is 158 g/mol. The zero-order valence-corrected chi connectivity index (χ0v) is 6.88. The first-order valence-electron chi connectivity index (χ1n) is 3.76. The molecule has 1 heterocycles. The number of aliphatic hydroxyl groups is 2. The highest BCUT2D eigenvalue weighted by molar-refractivity contribution is 6.90. The van der Waals surface area contributed by atoms with E-state index in [2.05, 4.69) is 0 Å². The predicted octanol–water partition coefficient (Wildman–Crippen LogP) is -2.13. The zero-order chi connectivity index (χ0) is 9.14. The first kappa shape index (κ1) is 10.1. The lowest BCUT2D eigenvalue weighted by Gasteiger charge is -2.16. The summed E-state index contributed by atoms with van der Waals surface area (Å²) in [4.78, 5) is 0. The molecule has 65 valence electrons. The Hall–Kier alpha value is -0.0301. The van der Waals surface area contributed by atoms with Crippen molar-refractivity contribution in [3.05, 3.63) is 0 Å². The van der Waals surface area contributed by atoms with Gasteiger partial charge in [0, 0.05) is 20.9 Å². The van der Waals surface area contributed by atoms with Crippen molar-refractivity contribution in [3.63, 3.8) is 0 Å². The molecule has 3 radical (unpaired) electrons. The largest absolute Gasteiger partial charge is 0.394 e. The van der Waals surface area contributed by atoms with E-state index in [-0.39, 0.29) is 6.61 Å². The number of methoxy groups -OCH3 is 1. The van der Waals surface area contributed by atoms with Gasteiger partial charge in [0.05, 0.1) is 13.8 Å². The van der Waals surface area contributed by atoms with Gasteiger partial charge in [-0.1, -0.05) is 0 Å². The van der Waals surface area contributed by atoms with Crippen molar-refractivity contribution in [3.8, 4) is 0 Å². The summed E-state index contributed by atoms with van der Waals surface area (Å²) >= 11 is 0. The van der Waals surface area contributed by atoms with Crippen LogP contribution in [-0.4, -0.2) is 63.2 Å². The van der Waals surface area contributed by atoms with Gasteiger partial charge in [-0.25, -0.2) is 0 Å².